The van der Waals surface area contributed by atoms with Gasteiger partial charge in [-0.3, -0.25) is 0 Å². The van der Waals surface area contributed by atoms with E-state index in [9.17, 15) is 10.2 Å². The summed E-state index contributed by atoms with van der Waals surface area (Å²) in [6.45, 7) is 4.52. The summed E-state index contributed by atoms with van der Waals surface area (Å²) in [6.07, 6.45) is 7.17. The number of aryl methyl sites for hydroxylation is 1. The van der Waals surface area contributed by atoms with E-state index in [2.05, 4.69) is 30.0 Å². The van der Waals surface area contributed by atoms with Crippen LogP contribution >= 0.6 is 0 Å². The van der Waals surface area contributed by atoms with E-state index in [4.69, 9.17) is 10.5 Å². The van der Waals surface area contributed by atoms with Gasteiger partial charge < -0.3 is 20.7 Å². The van der Waals surface area contributed by atoms with Crippen LogP contribution in [0.2, 0.25) is 0 Å². The van der Waals surface area contributed by atoms with Gasteiger partial charge in [0.15, 0.2) is 0 Å². The van der Waals surface area contributed by atoms with E-state index in [-0.39, 0.29) is 23.9 Å². The third-order valence-corrected chi connectivity index (χ3v) is 6.10. The molecule has 1 aromatic carbocycles. The first-order chi connectivity index (χ1) is 13.6. The fraction of sp³-hybridized carbons (Fsp3) is 0.583. The molecule has 0 spiro atoms. The minimum atomic E-state index is -0.559. The van der Waals surface area contributed by atoms with E-state index in [1.807, 2.05) is 26.0 Å². The Balaban J connectivity index is 1.75. The molecule has 0 aromatic heterocycles. The summed E-state index contributed by atoms with van der Waals surface area (Å²) in [5.41, 5.74) is 8.06. The van der Waals surface area contributed by atoms with Gasteiger partial charge in [-0.05, 0) is 44.2 Å². The summed E-state index contributed by atoms with van der Waals surface area (Å²) >= 11 is 0. The van der Waals surface area contributed by atoms with E-state index < -0.39 is 12.2 Å². The number of unbranched alkanes of at least 4 members (excludes halogenated alkanes) is 1. The fourth-order valence-electron chi connectivity index (χ4n) is 4.44. The molecule has 4 heteroatoms. The number of benzene rings is 1. The van der Waals surface area contributed by atoms with Crippen LogP contribution in [0.4, 0.5) is 0 Å². The number of hydrogen-bond donors (Lipinski definition) is 3. The van der Waals surface area contributed by atoms with E-state index in [0.29, 0.717) is 19.4 Å². The van der Waals surface area contributed by atoms with Gasteiger partial charge in [-0.2, -0.15) is 0 Å². The number of fused-ring (bicyclic) bond motifs is 3. The van der Waals surface area contributed by atoms with Crippen LogP contribution in [0.1, 0.15) is 56.6 Å². The fourth-order valence-corrected chi connectivity index (χ4v) is 4.44. The molecule has 152 valence electrons. The van der Waals surface area contributed by atoms with E-state index in [1.165, 1.54) is 11.1 Å². The van der Waals surface area contributed by atoms with Crippen molar-refractivity contribution < 1.29 is 14.9 Å². The van der Waals surface area contributed by atoms with Gasteiger partial charge in [-0.1, -0.05) is 37.3 Å². The van der Waals surface area contributed by atoms with Crippen molar-refractivity contribution in [3.8, 4) is 17.6 Å². The normalized spacial score (nSPS) is 27.6. The van der Waals surface area contributed by atoms with Crippen LogP contribution in [0.15, 0.2) is 30.4 Å². The lowest BCUT2D eigenvalue weighted by molar-refractivity contribution is 0.134. The quantitative estimate of drug-likeness (QED) is 0.366. The largest absolute Gasteiger partial charge is 0.489 e. The van der Waals surface area contributed by atoms with Crippen molar-refractivity contribution in [1.29, 1.82) is 0 Å². The molecule has 0 radical (unpaired) electrons. The maximum Gasteiger partial charge on any atom is 0.126 e. The second-order valence-corrected chi connectivity index (χ2v) is 8.13. The molecule has 3 rings (SSSR count). The first kappa shape index (κ1) is 20.9. The molecule has 0 unspecified atom stereocenters. The van der Waals surface area contributed by atoms with Crippen molar-refractivity contribution in [3.63, 3.8) is 0 Å². The third kappa shape index (κ3) is 4.43. The highest BCUT2D eigenvalue weighted by atomic mass is 16.5. The third-order valence-electron chi connectivity index (χ3n) is 6.10. The minimum Gasteiger partial charge on any atom is -0.489 e. The van der Waals surface area contributed by atoms with Gasteiger partial charge in [0.25, 0.3) is 0 Å². The smallest absolute Gasteiger partial charge is 0.126 e. The van der Waals surface area contributed by atoms with Gasteiger partial charge in [0.05, 0.1) is 12.2 Å². The zero-order chi connectivity index (χ0) is 20.1. The lowest BCUT2D eigenvalue weighted by Crippen LogP contribution is -2.19. The average Bonchev–Trinajstić information content (AvgIpc) is 3.19. The summed E-state index contributed by atoms with van der Waals surface area (Å²) in [7, 11) is 0. The van der Waals surface area contributed by atoms with Gasteiger partial charge in [0.1, 0.15) is 11.9 Å². The SMILES string of the molecule is CC#CC[C@@H](C)[C@H](O)C=C[C@@H]1[C@H]2c3cccc(CCCCN)c3O[C@H]2C[C@H]1O. The summed E-state index contributed by atoms with van der Waals surface area (Å²) in [4.78, 5) is 0. The number of hydrogen-bond acceptors (Lipinski definition) is 4. The number of para-hydroxylation sites is 1. The molecule has 0 amide bonds. The van der Waals surface area contributed by atoms with Gasteiger partial charge in [0.2, 0.25) is 0 Å². The molecule has 2 aliphatic rings. The first-order valence-electron chi connectivity index (χ1n) is 10.5. The molecule has 1 heterocycles. The molecule has 1 aromatic rings. The summed E-state index contributed by atoms with van der Waals surface area (Å²) in [5.74, 6) is 7.08. The highest BCUT2D eigenvalue weighted by molar-refractivity contribution is 5.49. The molecule has 4 nitrogen and oxygen atoms in total. The Kier molecular flexibility index (Phi) is 7.18. The molecule has 1 aliphatic heterocycles. The van der Waals surface area contributed by atoms with Crippen LogP contribution in [-0.2, 0) is 6.42 Å². The minimum absolute atomic E-state index is 0.0100. The maximum atomic E-state index is 10.6. The van der Waals surface area contributed by atoms with Crippen LogP contribution < -0.4 is 10.5 Å². The molecule has 4 N–H and O–H groups in total. The van der Waals surface area contributed by atoms with Crippen LogP contribution in [0.3, 0.4) is 0 Å². The first-order valence-corrected chi connectivity index (χ1v) is 10.5. The van der Waals surface area contributed by atoms with Crippen molar-refractivity contribution in [2.75, 3.05) is 6.54 Å². The Morgan fingerprint density at radius 1 is 1.36 bits per heavy atom. The Morgan fingerprint density at radius 2 is 2.18 bits per heavy atom. The van der Waals surface area contributed by atoms with Crippen molar-refractivity contribution in [1.82, 2.24) is 0 Å². The number of nitrogens with two attached hydrogens (primary N) is 1. The zero-order valence-electron chi connectivity index (χ0n) is 17.0. The molecule has 1 fully saturated rings. The topological polar surface area (TPSA) is 75.7 Å². The van der Waals surface area contributed by atoms with Crippen LogP contribution in [0.5, 0.6) is 5.75 Å². The molecular formula is C24H33NO3. The second kappa shape index (κ2) is 9.60. The average molecular weight is 384 g/mol. The number of aliphatic hydroxyl groups is 2. The van der Waals surface area contributed by atoms with Gasteiger partial charge in [-0.25, -0.2) is 0 Å². The lowest BCUT2D eigenvalue weighted by atomic mass is 9.86. The molecular weight excluding hydrogens is 350 g/mol. The zero-order valence-corrected chi connectivity index (χ0v) is 17.0. The van der Waals surface area contributed by atoms with Crippen LogP contribution in [0, 0.1) is 23.7 Å². The Bertz CT molecular complexity index is 748. The monoisotopic (exact) mass is 383 g/mol. The maximum absolute atomic E-state index is 10.6. The molecule has 28 heavy (non-hydrogen) atoms. The molecule has 1 saturated carbocycles. The molecule has 1 aliphatic carbocycles. The van der Waals surface area contributed by atoms with Crippen molar-refractivity contribution in [3.05, 3.63) is 41.5 Å². The summed E-state index contributed by atoms with van der Waals surface area (Å²) in [5, 5.41) is 21.0. The predicted octanol–water partition coefficient (Wildman–Crippen LogP) is 3.16. The molecule has 6 atom stereocenters. The predicted molar refractivity (Wildman–Crippen MR) is 112 cm³/mol. The Labute approximate surface area is 168 Å². The van der Waals surface area contributed by atoms with Crippen molar-refractivity contribution in [2.24, 2.45) is 17.6 Å². The molecule has 0 bridgehead atoms. The highest BCUT2D eigenvalue weighted by Gasteiger charge is 2.48. The van der Waals surface area contributed by atoms with E-state index in [0.717, 1.165) is 25.0 Å². The standard InChI is InChI=1S/C24H33NO3/c1-3-4-8-16(2)20(26)13-12-18-21(27)15-22-23(18)19-11-7-10-17(24(19)28-22)9-5-6-14-25/h7,10-13,16,18,20-23,26-27H,5-6,8-9,14-15,25H2,1-2H3/t16-,18+,20-,21-,22+,23+/m1/s1. The van der Waals surface area contributed by atoms with Crippen LogP contribution in [-0.4, -0.2) is 35.1 Å². The van der Waals surface area contributed by atoms with Crippen LogP contribution in [0.25, 0.3) is 0 Å². The number of ether oxygens (including phenoxy) is 1. The Hall–Kier alpha value is -1.80. The van der Waals surface area contributed by atoms with Crippen molar-refractivity contribution in [2.45, 2.75) is 70.2 Å². The van der Waals surface area contributed by atoms with E-state index >= 15 is 0 Å². The number of aliphatic hydroxyl groups excluding tert-OH is 2. The van der Waals surface area contributed by atoms with Gasteiger partial charge >= 0.3 is 0 Å². The van der Waals surface area contributed by atoms with Crippen molar-refractivity contribution >= 4 is 0 Å². The van der Waals surface area contributed by atoms with Gasteiger partial charge in [0, 0.05) is 30.2 Å². The lowest BCUT2D eigenvalue weighted by Gasteiger charge is -2.19. The summed E-state index contributed by atoms with van der Waals surface area (Å²) in [6, 6.07) is 6.35. The van der Waals surface area contributed by atoms with E-state index in [1.54, 1.807) is 0 Å². The Morgan fingerprint density at radius 3 is 2.93 bits per heavy atom. The summed E-state index contributed by atoms with van der Waals surface area (Å²) < 4.78 is 6.29. The van der Waals surface area contributed by atoms with Gasteiger partial charge in [-0.15, -0.1) is 11.8 Å². The highest BCUT2D eigenvalue weighted by Crippen LogP contribution is 2.52. The number of rotatable bonds is 8. The molecule has 0 saturated heterocycles. The second-order valence-electron chi connectivity index (χ2n) is 8.13.